The van der Waals surface area contributed by atoms with E-state index in [1.165, 1.54) is 4.90 Å². The van der Waals surface area contributed by atoms with E-state index in [4.69, 9.17) is 62.7 Å². The molecule has 0 spiro atoms. The van der Waals surface area contributed by atoms with Gasteiger partial charge in [-0.3, -0.25) is 0 Å². The van der Waals surface area contributed by atoms with Crippen molar-refractivity contribution in [1.29, 1.82) is 0 Å². The van der Waals surface area contributed by atoms with E-state index in [-0.39, 0.29) is 30.4 Å². The number of anilines is 1. The summed E-state index contributed by atoms with van der Waals surface area (Å²) in [5.74, 6) is -0.217. The van der Waals surface area contributed by atoms with E-state index < -0.39 is 10.6 Å². The fourth-order valence-electron chi connectivity index (χ4n) is 2.73. The molecule has 1 N–H and O–H groups in total. The summed E-state index contributed by atoms with van der Waals surface area (Å²) in [6, 6.07) is 5.32. The van der Waals surface area contributed by atoms with E-state index in [2.05, 4.69) is 5.32 Å². The molecule has 25 heavy (non-hydrogen) atoms. The summed E-state index contributed by atoms with van der Waals surface area (Å²) in [5.41, 5.74) is 0.841. The number of alkyl halides is 3. The number of likely N-dealkylation sites (N-methyl/N-ethyl adjacent to an activating group) is 1. The van der Waals surface area contributed by atoms with Gasteiger partial charge in [0.05, 0.1) is 22.0 Å². The highest BCUT2D eigenvalue weighted by Gasteiger charge is 2.36. The Balaban J connectivity index is 0.00000312. The molecule has 0 aromatic heterocycles. The Labute approximate surface area is 178 Å². The van der Waals surface area contributed by atoms with Crippen molar-refractivity contribution in [1.82, 2.24) is 4.90 Å². The number of carbonyl (C=O) groups excluding carboxylic acids is 1. The van der Waals surface area contributed by atoms with Crippen molar-refractivity contribution in [3.63, 3.8) is 0 Å². The van der Waals surface area contributed by atoms with Crippen molar-refractivity contribution in [3.8, 4) is 0 Å². The minimum Gasteiger partial charge on any atom is -0.411 e. The molecule has 1 aromatic rings. The van der Waals surface area contributed by atoms with Gasteiger partial charge >= 0.3 is 6.09 Å². The molecule has 10 heteroatoms. The van der Waals surface area contributed by atoms with Crippen LogP contribution in [0.15, 0.2) is 18.2 Å². The quantitative estimate of drug-likeness (QED) is 0.522. The van der Waals surface area contributed by atoms with Gasteiger partial charge in [0.2, 0.25) is 0 Å². The Morgan fingerprint density at radius 1 is 1.32 bits per heavy atom. The van der Waals surface area contributed by atoms with Crippen LogP contribution in [-0.2, 0) is 4.74 Å². The first-order valence-corrected chi connectivity index (χ1v) is 9.39. The van der Waals surface area contributed by atoms with Crippen molar-refractivity contribution in [2.45, 2.75) is 35.9 Å². The van der Waals surface area contributed by atoms with Crippen LogP contribution in [0.1, 0.15) is 19.3 Å². The molecule has 4 nitrogen and oxygen atoms in total. The predicted molar refractivity (Wildman–Crippen MR) is 108 cm³/mol. The van der Waals surface area contributed by atoms with Crippen LogP contribution in [0, 0.1) is 0 Å². The van der Waals surface area contributed by atoms with Gasteiger partial charge in [-0.25, -0.2) is 4.79 Å². The molecule has 1 saturated carbocycles. The minimum absolute atomic E-state index is 0. The summed E-state index contributed by atoms with van der Waals surface area (Å²) in [4.78, 5) is 13.7. The van der Waals surface area contributed by atoms with E-state index in [1.54, 1.807) is 19.2 Å². The zero-order chi connectivity index (χ0) is 17.9. The molecule has 0 heterocycles. The average molecular weight is 471 g/mol. The summed E-state index contributed by atoms with van der Waals surface area (Å²) in [6.07, 6.45) is 2.10. The summed E-state index contributed by atoms with van der Waals surface area (Å²) in [7, 11) is 1.65. The van der Waals surface area contributed by atoms with Crippen molar-refractivity contribution >= 4 is 82.2 Å². The number of halogens is 6. The molecular weight excluding hydrogens is 453 g/mol. The van der Waals surface area contributed by atoms with Crippen LogP contribution in [0.3, 0.4) is 0 Å². The van der Waals surface area contributed by atoms with Crippen LogP contribution in [0.2, 0.25) is 10.0 Å². The van der Waals surface area contributed by atoms with Gasteiger partial charge in [0.25, 0.3) is 4.52 Å². The van der Waals surface area contributed by atoms with Crippen molar-refractivity contribution in [3.05, 3.63) is 28.2 Å². The normalized spacial score (nSPS) is 19.9. The Hall–Kier alpha value is 0.0300. The van der Waals surface area contributed by atoms with Crippen molar-refractivity contribution in [2.24, 2.45) is 0 Å². The van der Waals surface area contributed by atoms with E-state index in [0.29, 0.717) is 10.0 Å². The number of hydrogen-bond donors (Lipinski definition) is 1. The zero-order valence-electron chi connectivity index (χ0n) is 13.3. The number of carbonyl (C=O) groups is 1. The lowest BCUT2D eigenvalue weighted by atomic mass is 10.1. The van der Waals surface area contributed by atoms with Crippen LogP contribution < -0.4 is 5.32 Å². The summed E-state index contributed by atoms with van der Waals surface area (Å²) in [5, 5.41) is 4.35. The maximum Gasteiger partial charge on any atom is 0.412 e. The van der Waals surface area contributed by atoms with Gasteiger partial charge in [0, 0.05) is 18.8 Å². The number of benzene rings is 1. The Bertz CT molecular complexity index is 601. The van der Waals surface area contributed by atoms with Crippen LogP contribution in [0.25, 0.3) is 0 Å². The van der Waals surface area contributed by atoms with Gasteiger partial charge in [-0.15, -0.1) is 24.0 Å². The van der Waals surface area contributed by atoms with E-state index in [9.17, 15) is 4.79 Å². The second kappa shape index (κ2) is 9.82. The lowest BCUT2D eigenvalue weighted by Crippen LogP contribution is -2.46. The lowest BCUT2D eigenvalue weighted by molar-refractivity contribution is 0.0784. The molecule has 1 aliphatic rings. The minimum atomic E-state index is -1.74. The van der Waals surface area contributed by atoms with E-state index >= 15 is 0 Å². The molecule has 0 radical (unpaired) electrons. The Morgan fingerprint density at radius 3 is 2.60 bits per heavy atom. The first kappa shape index (κ1) is 23.1. The van der Waals surface area contributed by atoms with Gasteiger partial charge in [0.15, 0.2) is 0 Å². The van der Waals surface area contributed by atoms with Crippen LogP contribution in [-0.4, -0.2) is 40.5 Å². The largest absolute Gasteiger partial charge is 0.412 e. The molecule has 0 saturated heterocycles. The van der Waals surface area contributed by atoms with Gasteiger partial charge < -0.3 is 15.0 Å². The fraction of sp³-hybridized carbons (Fsp3) is 0.533. The molecule has 2 unspecified atom stereocenters. The monoisotopic (exact) mass is 468 g/mol. The highest BCUT2D eigenvalue weighted by molar-refractivity contribution is 6.50. The van der Waals surface area contributed by atoms with Crippen LogP contribution in [0.4, 0.5) is 10.5 Å². The van der Waals surface area contributed by atoms with E-state index in [0.717, 1.165) is 24.9 Å². The number of hydrogen-bond acceptors (Lipinski definition) is 3. The van der Waals surface area contributed by atoms with Gasteiger partial charge in [-0.05, 0) is 37.5 Å². The molecule has 1 aliphatic carbocycles. The smallest absolute Gasteiger partial charge is 0.411 e. The zero-order valence-corrected chi connectivity index (χ0v) is 17.9. The first-order chi connectivity index (χ1) is 11.2. The maximum atomic E-state index is 12.2. The summed E-state index contributed by atoms with van der Waals surface area (Å²) < 4.78 is 3.28. The average Bonchev–Trinajstić information content (AvgIpc) is 2.97. The van der Waals surface area contributed by atoms with Crippen molar-refractivity contribution < 1.29 is 9.53 Å². The molecular formula is C15H18Cl6N2O2. The lowest BCUT2D eigenvalue weighted by Gasteiger charge is -2.31. The molecule has 142 valence electrons. The standard InChI is InChI=1S/C15H17Cl5N2O2.ClH/c1-22(14(23)24-15(19,20)8-16)13-4-2-3-12(13)21-9-5-6-10(17)11(18)7-9;/h5-7,12-13,21H,2-4,8H2,1H3;1H. The Morgan fingerprint density at radius 2 is 2.00 bits per heavy atom. The number of nitrogens with zero attached hydrogens (tertiary/aromatic N) is 1. The molecule has 1 amide bonds. The van der Waals surface area contributed by atoms with Crippen LogP contribution in [0.5, 0.6) is 0 Å². The number of ether oxygens (including phenoxy) is 1. The second-order valence-electron chi connectivity index (χ2n) is 5.63. The van der Waals surface area contributed by atoms with Crippen molar-refractivity contribution in [2.75, 3.05) is 18.2 Å². The SMILES string of the molecule is CN(C(=O)OC(Cl)(Cl)CCl)C1CCCC1Nc1ccc(Cl)c(Cl)c1.Cl. The topological polar surface area (TPSA) is 41.6 Å². The summed E-state index contributed by atoms with van der Waals surface area (Å²) in [6.45, 7) is 0. The molecule has 2 rings (SSSR count). The number of amides is 1. The number of rotatable bonds is 5. The van der Waals surface area contributed by atoms with Gasteiger partial charge in [0.1, 0.15) is 0 Å². The van der Waals surface area contributed by atoms with Gasteiger partial charge in [-0.2, -0.15) is 0 Å². The molecule has 1 fully saturated rings. The predicted octanol–water partition coefficient (Wildman–Crippen LogP) is 6.19. The highest BCUT2D eigenvalue weighted by atomic mass is 35.5. The Kier molecular flexibility index (Phi) is 9.06. The van der Waals surface area contributed by atoms with Crippen LogP contribution >= 0.6 is 70.4 Å². The molecule has 0 aliphatic heterocycles. The second-order valence-corrected chi connectivity index (χ2v) is 8.12. The maximum absolute atomic E-state index is 12.2. The first-order valence-electron chi connectivity index (χ1n) is 7.34. The van der Waals surface area contributed by atoms with E-state index in [1.807, 2.05) is 6.07 Å². The third-order valence-corrected chi connectivity index (χ3v) is 5.74. The third-order valence-electron chi connectivity index (χ3n) is 3.93. The highest BCUT2D eigenvalue weighted by Crippen LogP contribution is 2.31. The molecule has 2 atom stereocenters. The molecule has 1 aromatic carbocycles. The fourth-order valence-corrected chi connectivity index (χ4v) is 3.22. The number of nitrogens with one attached hydrogen (secondary N) is 1. The summed E-state index contributed by atoms with van der Waals surface area (Å²) >= 11 is 29.1. The molecule has 0 bridgehead atoms. The van der Waals surface area contributed by atoms with Gasteiger partial charge in [-0.1, -0.05) is 46.4 Å². The third kappa shape index (κ3) is 6.30.